The summed E-state index contributed by atoms with van der Waals surface area (Å²) in [4.78, 5) is 14.3. The number of carbonyl (C=O) groups is 1. The van der Waals surface area contributed by atoms with Crippen LogP contribution in [0.15, 0.2) is 54.6 Å². The maximum Gasteiger partial charge on any atom is 0.258 e. The lowest BCUT2D eigenvalue weighted by atomic mass is 10.2. The Morgan fingerprint density at radius 1 is 1.14 bits per heavy atom. The molecule has 3 rings (SSSR count). The number of anilines is 1. The highest BCUT2D eigenvalue weighted by molar-refractivity contribution is 8.16. The minimum Gasteiger partial charge on any atom is -0.484 e. The molecule has 1 heterocycles. The van der Waals surface area contributed by atoms with Gasteiger partial charge in [0.1, 0.15) is 5.75 Å². The van der Waals surface area contributed by atoms with Gasteiger partial charge in [-0.25, -0.2) is 0 Å². The van der Waals surface area contributed by atoms with Gasteiger partial charge in [0.15, 0.2) is 6.61 Å². The average molecular weight is 417 g/mol. The predicted molar refractivity (Wildman–Crippen MR) is 122 cm³/mol. The zero-order chi connectivity index (χ0) is 19.8. The van der Waals surface area contributed by atoms with Gasteiger partial charge in [0.2, 0.25) is 0 Å². The largest absolute Gasteiger partial charge is 0.484 e. The molecule has 4 nitrogen and oxygen atoms in total. The van der Waals surface area contributed by atoms with Crippen LogP contribution in [0.25, 0.3) is 0 Å². The van der Waals surface area contributed by atoms with Crippen molar-refractivity contribution in [3.63, 3.8) is 0 Å². The van der Waals surface area contributed by atoms with Crippen LogP contribution in [0.5, 0.6) is 5.75 Å². The molecular weight excluding hydrogens is 388 g/mol. The second kappa shape index (κ2) is 10.7. The Hall–Kier alpha value is -1.79. The van der Waals surface area contributed by atoms with Gasteiger partial charge < -0.3 is 15.0 Å². The molecule has 1 fully saturated rings. The summed E-state index contributed by atoms with van der Waals surface area (Å²) < 4.78 is 6.17. The Balaban J connectivity index is 1.40. The van der Waals surface area contributed by atoms with Crippen molar-refractivity contribution in [2.75, 3.05) is 36.6 Å². The zero-order valence-corrected chi connectivity index (χ0v) is 18.1. The molecule has 0 spiro atoms. The fraction of sp³-hybridized carbons (Fsp3) is 0.409. The van der Waals surface area contributed by atoms with Crippen LogP contribution in [0.4, 0.5) is 5.69 Å². The number of nitrogens with zero attached hydrogens (tertiary/aromatic N) is 1. The zero-order valence-electron chi connectivity index (χ0n) is 16.5. The van der Waals surface area contributed by atoms with Crippen LogP contribution in [0.1, 0.15) is 23.5 Å². The number of hydrogen-bond acceptors (Lipinski definition) is 5. The summed E-state index contributed by atoms with van der Waals surface area (Å²) in [5, 5.41) is 2.95. The lowest BCUT2D eigenvalue weighted by Crippen LogP contribution is -2.41. The van der Waals surface area contributed by atoms with E-state index in [1.54, 1.807) is 0 Å². The predicted octanol–water partition coefficient (Wildman–Crippen LogP) is 4.58. The molecule has 1 atom stereocenters. The van der Waals surface area contributed by atoms with Crippen molar-refractivity contribution in [2.45, 2.75) is 24.0 Å². The van der Waals surface area contributed by atoms with Crippen LogP contribution in [-0.4, -0.2) is 43.7 Å². The molecule has 1 aliphatic rings. The van der Waals surface area contributed by atoms with Crippen molar-refractivity contribution in [1.29, 1.82) is 0 Å². The van der Waals surface area contributed by atoms with E-state index in [1.165, 1.54) is 23.5 Å². The number of ether oxygens (including phenoxy) is 1. The quantitative estimate of drug-likeness (QED) is 0.682. The van der Waals surface area contributed by atoms with E-state index in [0.717, 1.165) is 11.4 Å². The number of carbonyl (C=O) groups excluding carboxylic acids is 1. The maximum absolute atomic E-state index is 12.1. The molecule has 0 aliphatic carbocycles. The van der Waals surface area contributed by atoms with E-state index in [1.807, 2.05) is 60.9 Å². The van der Waals surface area contributed by atoms with Crippen LogP contribution >= 0.6 is 23.5 Å². The Morgan fingerprint density at radius 3 is 2.50 bits per heavy atom. The van der Waals surface area contributed by atoms with Crippen LogP contribution in [0.3, 0.4) is 0 Å². The van der Waals surface area contributed by atoms with Gasteiger partial charge in [-0.3, -0.25) is 4.79 Å². The Kier molecular flexibility index (Phi) is 7.98. The molecule has 0 saturated carbocycles. The molecule has 2 aromatic rings. The molecule has 0 bridgehead atoms. The summed E-state index contributed by atoms with van der Waals surface area (Å²) >= 11 is 4.01. The first-order valence-corrected chi connectivity index (χ1v) is 11.7. The van der Waals surface area contributed by atoms with E-state index < -0.39 is 0 Å². The van der Waals surface area contributed by atoms with Crippen molar-refractivity contribution in [2.24, 2.45) is 0 Å². The third-order valence-corrected chi connectivity index (χ3v) is 7.78. The number of benzene rings is 2. The van der Waals surface area contributed by atoms with E-state index in [-0.39, 0.29) is 18.6 Å². The molecule has 6 heteroatoms. The molecule has 0 aromatic heterocycles. The molecule has 1 N–H and O–H groups in total. The fourth-order valence-electron chi connectivity index (χ4n) is 2.92. The third kappa shape index (κ3) is 6.11. The van der Waals surface area contributed by atoms with Gasteiger partial charge in [-0.05, 0) is 54.7 Å². The van der Waals surface area contributed by atoms with Crippen molar-refractivity contribution < 1.29 is 9.53 Å². The summed E-state index contributed by atoms with van der Waals surface area (Å²) in [6, 6.07) is 18.5. The van der Waals surface area contributed by atoms with E-state index in [4.69, 9.17) is 4.74 Å². The number of thioether (sulfide) groups is 2. The SMILES string of the molecule is CC(CNC(=O)COc1ccc(C2SCCCS2)cc1)N(C)c1ccccc1. The summed E-state index contributed by atoms with van der Waals surface area (Å²) in [5.74, 6) is 3.09. The van der Waals surface area contributed by atoms with Gasteiger partial charge in [-0.15, -0.1) is 23.5 Å². The molecular formula is C22H28N2O2S2. The standard InChI is InChI=1S/C22H28N2O2S2/c1-17(24(2)19-7-4-3-5-8-19)15-23-21(25)16-26-20-11-9-18(10-12-20)22-27-13-6-14-28-22/h3-5,7-12,17,22H,6,13-16H2,1-2H3,(H,23,25). The van der Waals surface area contributed by atoms with Crippen molar-refractivity contribution in [3.05, 3.63) is 60.2 Å². The van der Waals surface area contributed by atoms with Crippen LogP contribution < -0.4 is 15.0 Å². The Bertz CT molecular complexity index is 734. The fourth-order valence-corrected chi connectivity index (χ4v) is 5.81. The number of para-hydroxylation sites is 1. The lowest BCUT2D eigenvalue weighted by molar-refractivity contribution is -0.123. The molecule has 1 amide bonds. The van der Waals surface area contributed by atoms with Gasteiger partial charge in [-0.2, -0.15) is 0 Å². The van der Waals surface area contributed by atoms with E-state index >= 15 is 0 Å². The summed E-state index contributed by atoms with van der Waals surface area (Å²) in [7, 11) is 2.03. The molecule has 1 unspecified atom stereocenters. The van der Waals surface area contributed by atoms with Gasteiger partial charge in [0.05, 0.1) is 4.58 Å². The van der Waals surface area contributed by atoms with Crippen molar-refractivity contribution in [3.8, 4) is 5.75 Å². The smallest absolute Gasteiger partial charge is 0.258 e. The highest BCUT2D eigenvalue weighted by Gasteiger charge is 2.16. The molecule has 150 valence electrons. The topological polar surface area (TPSA) is 41.6 Å². The van der Waals surface area contributed by atoms with E-state index in [0.29, 0.717) is 11.1 Å². The van der Waals surface area contributed by atoms with Gasteiger partial charge in [-0.1, -0.05) is 30.3 Å². The minimum atomic E-state index is -0.101. The van der Waals surface area contributed by atoms with Gasteiger partial charge in [0, 0.05) is 25.3 Å². The average Bonchev–Trinajstić information content (AvgIpc) is 2.77. The van der Waals surface area contributed by atoms with Crippen molar-refractivity contribution >= 4 is 35.1 Å². The molecule has 1 aliphatic heterocycles. The monoisotopic (exact) mass is 416 g/mol. The molecule has 1 saturated heterocycles. The van der Waals surface area contributed by atoms with E-state index in [2.05, 4.69) is 41.4 Å². The van der Waals surface area contributed by atoms with Gasteiger partial charge in [0.25, 0.3) is 5.91 Å². The highest BCUT2D eigenvalue weighted by Crippen LogP contribution is 2.43. The summed E-state index contributed by atoms with van der Waals surface area (Å²) in [6.07, 6.45) is 1.29. The normalized spacial score (nSPS) is 15.6. The first-order chi connectivity index (χ1) is 13.6. The molecule has 2 aromatic carbocycles. The molecule has 0 radical (unpaired) electrons. The van der Waals surface area contributed by atoms with Crippen LogP contribution in [0.2, 0.25) is 0 Å². The third-order valence-electron chi connectivity index (χ3n) is 4.77. The summed E-state index contributed by atoms with van der Waals surface area (Å²) in [6.45, 7) is 2.70. The number of nitrogens with one attached hydrogen (secondary N) is 1. The maximum atomic E-state index is 12.1. The van der Waals surface area contributed by atoms with E-state index in [9.17, 15) is 4.79 Å². The number of amides is 1. The highest BCUT2D eigenvalue weighted by atomic mass is 32.2. The second-order valence-corrected chi connectivity index (χ2v) is 9.61. The minimum absolute atomic E-state index is 0.0358. The number of rotatable bonds is 8. The lowest BCUT2D eigenvalue weighted by Gasteiger charge is -2.27. The molecule has 28 heavy (non-hydrogen) atoms. The number of likely N-dealkylation sites (N-methyl/N-ethyl adjacent to an activating group) is 1. The van der Waals surface area contributed by atoms with Crippen LogP contribution in [-0.2, 0) is 4.79 Å². The van der Waals surface area contributed by atoms with Crippen LogP contribution in [0, 0.1) is 0 Å². The first kappa shape index (κ1) is 20.9. The summed E-state index contributed by atoms with van der Waals surface area (Å²) in [5.41, 5.74) is 2.46. The Labute approximate surface area is 176 Å². The van der Waals surface area contributed by atoms with Gasteiger partial charge >= 0.3 is 0 Å². The Morgan fingerprint density at radius 2 is 1.82 bits per heavy atom. The second-order valence-electron chi connectivity index (χ2n) is 6.88. The van der Waals surface area contributed by atoms with Crippen molar-refractivity contribution in [1.82, 2.24) is 5.32 Å². The first-order valence-electron chi connectivity index (χ1n) is 9.64. The number of hydrogen-bond donors (Lipinski definition) is 1.